The van der Waals surface area contributed by atoms with Crippen molar-refractivity contribution in [3.8, 4) is 0 Å². The van der Waals surface area contributed by atoms with Crippen molar-refractivity contribution in [2.75, 3.05) is 11.9 Å². The van der Waals surface area contributed by atoms with Gasteiger partial charge in [0.2, 0.25) is 5.95 Å². The standard InChI is InChI=1S/C20H18FN3O2/c21-15-5-3-13(4-6-15)14-10-18-17(19(25)11-14)12-23-20(24-18)22-8-7-16-2-1-9-26-16/h1-6,9,12,14H,7-8,10-11H2,(H,22,23,24)/t14-/m0/s1. The third-order valence-electron chi connectivity index (χ3n) is 4.62. The number of carbonyl (C=O) groups is 1. The van der Waals surface area contributed by atoms with Gasteiger partial charge < -0.3 is 9.73 Å². The van der Waals surface area contributed by atoms with Crippen LogP contribution in [-0.2, 0) is 12.8 Å². The minimum absolute atomic E-state index is 0.0152. The van der Waals surface area contributed by atoms with Gasteiger partial charge in [0.05, 0.1) is 17.5 Å². The topological polar surface area (TPSA) is 68.0 Å². The summed E-state index contributed by atoms with van der Waals surface area (Å²) < 4.78 is 18.4. The van der Waals surface area contributed by atoms with E-state index in [1.807, 2.05) is 12.1 Å². The molecule has 5 nitrogen and oxygen atoms in total. The van der Waals surface area contributed by atoms with Crippen LogP contribution in [0.15, 0.2) is 53.3 Å². The number of hydrogen-bond acceptors (Lipinski definition) is 5. The zero-order valence-corrected chi connectivity index (χ0v) is 14.1. The summed E-state index contributed by atoms with van der Waals surface area (Å²) >= 11 is 0. The SMILES string of the molecule is O=C1C[C@@H](c2ccc(F)cc2)Cc2nc(NCCc3ccco3)ncc21. The summed E-state index contributed by atoms with van der Waals surface area (Å²) in [6, 6.07) is 10.1. The third-order valence-corrected chi connectivity index (χ3v) is 4.62. The van der Waals surface area contributed by atoms with Crippen molar-refractivity contribution < 1.29 is 13.6 Å². The van der Waals surface area contributed by atoms with Crippen molar-refractivity contribution in [1.29, 1.82) is 0 Å². The molecule has 26 heavy (non-hydrogen) atoms. The molecule has 0 saturated heterocycles. The first-order chi connectivity index (χ1) is 12.7. The van der Waals surface area contributed by atoms with E-state index in [0.717, 1.165) is 23.4 Å². The van der Waals surface area contributed by atoms with Gasteiger partial charge in [0, 0.05) is 25.6 Å². The van der Waals surface area contributed by atoms with Crippen LogP contribution in [0.2, 0.25) is 0 Å². The smallest absolute Gasteiger partial charge is 0.222 e. The van der Waals surface area contributed by atoms with Crippen molar-refractivity contribution in [1.82, 2.24) is 9.97 Å². The van der Waals surface area contributed by atoms with Gasteiger partial charge in [-0.1, -0.05) is 12.1 Å². The fourth-order valence-electron chi connectivity index (χ4n) is 3.25. The fraction of sp³-hybridized carbons (Fsp3) is 0.250. The lowest BCUT2D eigenvalue weighted by Crippen LogP contribution is -2.21. The molecule has 0 saturated carbocycles. The highest BCUT2D eigenvalue weighted by atomic mass is 19.1. The highest BCUT2D eigenvalue weighted by molar-refractivity contribution is 5.98. The summed E-state index contributed by atoms with van der Waals surface area (Å²) in [4.78, 5) is 21.2. The number of benzene rings is 1. The molecule has 4 rings (SSSR count). The molecule has 1 aromatic carbocycles. The Morgan fingerprint density at radius 3 is 2.81 bits per heavy atom. The molecule has 2 heterocycles. The second-order valence-corrected chi connectivity index (χ2v) is 6.39. The van der Waals surface area contributed by atoms with E-state index in [2.05, 4.69) is 15.3 Å². The quantitative estimate of drug-likeness (QED) is 0.758. The lowest BCUT2D eigenvalue weighted by molar-refractivity contribution is 0.0962. The molecule has 0 bridgehead atoms. The number of aromatic nitrogens is 2. The Labute approximate surface area is 150 Å². The molecule has 1 atom stereocenters. The van der Waals surface area contributed by atoms with Crippen LogP contribution in [0.25, 0.3) is 0 Å². The number of rotatable bonds is 5. The molecule has 0 spiro atoms. The van der Waals surface area contributed by atoms with Crippen LogP contribution >= 0.6 is 0 Å². The number of ketones is 1. The normalized spacial score (nSPS) is 16.3. The van der Waals surface area contributed by atoms with Gasteiger partial charge in [0.1, 0.15) is 11.6 Å². The van der Waals surface area contributed by atoms with Gasteiger partial charge in [-0.25, -0.2) is 14.4 Å². The average Bonchev–Trinajstić information content (AvgIpc) is 3.15. The second-order valence-electron chi connectivity index (χ2n) is 6.39. The van der Waals surface area contributed by atoms with Crippen molar-refractivity contribution in [2.24, 2.45) is 0 Å². The lowest BCUT2D eigenvalue weighted by Gasteiger charge is -2.23. The maximum Gasteiger partial charge on any atom is 0.222 e. The summed E-state index contributed by atoms with van der Waals surface area (Å²) in [6.45, 7) is 0.641. The Bertz CT molecular complexity index is 907. The summed E-state index contributed by atoms with van der Waals surface area (Å²) in [7, 11) is 0. The van der Waals surface area contributed by atoms with E-state index < -0.39 is 0 Å². The van der Waals surface area contributed by atoms with Gasteiger partial charge in [-0.05, 0) is 42.2 Å². The van der Waals surface area contributed by atoms with Crippen LogP contribution < -0.4 is 5.32 Å². The number of furan rings is 1. The van der Waals surface area contributed by atoms with Gasteiger partial charge >= 0.3 is 0 Å². The molecule has 1 aliphatic rings. The van der Waals surface area contributed by atoms with Gasteiger partial charge in [-0.2, -0.15) is 0 Å². The van der Waals surface area contributed by atoms with Crippen LogP contribution in [0, 0.1) is 5.82 Å². The highest BCUT2D eigenvalue weighted by Gasteiger charge is 2.28. The van der Waals surface area contributed by atoms with Crippen LogP contribution in [0.3, 0.4) is 0 Å². The monoisotopic (exact) mass is 351 g/mol. The van der Waals surface area contributed by atoms with Crippen molar-refractivity contribution in [3.63, 3.8) is 0 Å². The molecule has 3 aromatic rings. The van der Waals surface area contributed by atoms with Crippen LogP contribution in [0.1, 0.15) is 39.7 Å². The molecule has 0 unspecified atom stereocenters. The minimum Gasteiger partial charge on any atom is -0.469 e. The number of halogens is 1. The summed E-state index contributed by atoms with van der Waals surface area (Å²) in [5.41, 5.74) is 2.28. The van der Waals surface area contributed by atoms with E-state index in [1.54, 1.807) is 24.6 Å². The average molecular weight is 351 g/mol. The van der Waals surface area contributed by atoms with E-state index in [9.17, 15) is 9.18 Å². The Kier molecular flexibility index (Phi) is 4.48. The first kappa shape index (κ1) is 16.4. The van der Waals surface area contributed by atoms with Crippen molar-refractivity contribution in [2.45, 2.75) is 25.2 Å². The first-order valence-corrected chi connectivity index (χ1v) is 8.60. The number of fused-ring (bicyclic) bond motifs is 1. The largest absolute Gasteiger partial charge is 0.469 e. The zero-order valence-electron chi connectivity index (χ0n) is 14.1. The van der Waals surface area contributed by atoms with Gasteiger partial charge in [-0.3, -0.25) is 4.79 Å². The summed E-state index contributed by atoms with van der Waals surface area (Å²) in [6.07, 6.45) is 5.01. The van der Waals surface area contributed by atoms with Crippen LogP contribution in [-0.4, -0.2) is 22.3 Å². The number of nitrogens with one attached hydrogen (secondary N) is 1. The number of hydrogen-bond donors (Lipinski definition) is 1. The Morgan fingerprint density at radius 2 is 2.04 bits per heavy atom. The number of carbonyl (C=O) groups excluding carboxylic acids is 1. The van der Waals surface area contributed by atoms with E-state index in [1.165, 1.54) is 12.1 Å². The van der Waals surface area contributed by atoms with Crippen LogP contribution in [0.5, 0.6) is 0 Å². The molecule has 0 radical (unpaired) electrons. The summed E-state index contributed by atoms with van der Waals surface area (Å²) in [5, 5.41) is 3.17. The Balaban J connectivity index is 1.48. The van der Waals surface area contributed by atoms with Crippen molar-refractivity contribution >= 4 is 11.7 Å². The Morgan fingerprint density at radius 1 is 1.19 bits per heavy atom. The molecular weight excluding hydrogens is 333 g/mol. The zero-order chi connectivity index (χ0) is 17.9. The number of anilines is 1. The molecule has 0 amide bonds. The van der Waals surface area contributed by atoms with Crippen LogP contribution in [0.4, 0.5) is 10.3 Å². The summed E-state index contributed by atoms with van der Waals surface area (Å²) in [5.74, 6) is 1.16. The highest BCUT2D eigenvalue weighted by Crippen LogP contribution is 2.32. The molecule has 1 aliphatic carbocycles. The van der Waals surface area contributed by atoms with E-state index in [-0.39, 0.29) is 17.5 Å². The second kappa shape index (κ2) is 7.07. The van der Waals surface area contributed by atoms with E-state index in [4.69, 9.17) is 4.42 Å². The molecular formula is C20H18FN3O2. The van der Waals surface area contributed by atoms with Gasteiger partial charge in [0.25, 0.3) is 0 Å². The minimum atomic E-state index is -0.276. The first-order valence-electron chi connectivity index (χ1n) is 8.60. The Hall–Kier alpha value is -3.02. The van der Waals surface area contributed by atoms with Gasteiger partial charge in [-0.15, -0.1) is 0 Å². The molecule has 132 valence electrons. The number of nitrogens with zero attached hydrogens (tertiary/aromatic N) is 2. The maximum absolute atomic E-state index is 13.1. The predicted molar refractivity (Wildman–Crippen MR) is 94.7 cm³/mol. The maximum atomic E-state index is 13.1. The van der Waals surface area contributed by atoms with Crippen molar-refractivity contribution in [3.05, 3.63) is 77.3 Å². The molecule has 0 fully saturated rings. The fourth-order valence-corrected chi connectivity index (χ4v) is 3.25. The molecule has 6 heteroatoms. The third kappa shape index (κ3) is 3.49. The van der Waals surface area contributed by atoms with Gasteiger partial charge in [0.15, 0.2) is 5.78 Å². The molecule has 2 aromatic heterocycles. The molecule has 0 aliphatic heterocycles. The predicted octanol–water partition coefficient (Wildman–Crippen LogP) is 3.78. The number of Topliss-reactive ketones (excluding diaryl/α,β-unsaturated/α-hetero) is 1. The molecule has 1 N–H and O–H groups in total. The lowest BCUT2D eigenvalue weighted by atomic mass is 9.82. The van der Waals surface area contributed by atoms with E-state index in [0.29, 0.717) is 30.9 Å². The van der Waals surface area contributed by atoms with E-state index >= 15 is 0 Å².